The molecule has 2 N–H and O–H groups in total. The first-order chi connectivity index (χ1) is 7.13. The van der Waals surface area contributed by atoms with Gasteiger partial charge in [0.1, 0.15) is 5.82 Å². The first-order valence-corrected chi connectivity index (χ1v) is 5.38. The zero-order valence-electron chi connectivity index (χ0n) is 8.31. The van der Waals surface area contributed by atoms with Crippen LogP contribution in [0.5, 0.6) is 0 Å². The summed E-state index contributed by atoms with van der Waals surface area (Å²) in [7, 11) is 0. The van der Waals surface area contributed by atoms with Crippen molar-refractivity contribution in [2.75, 3.05) is 18.4 Å². The van der Waals surface area contributed by atoms with E-state index in [4.69, 9.17) is 0 Å². The predicted molar refractivity (Wildman–Crippen MR) is 61.3 cm³/mol. The van der Waals surface area contributed by atoms with E-state index in [-0.39, 0.29) is 18.3 Å². The maximum absolute atomic E-state index is 12.7. The minimum atomic E-state index is -0.341. The molecule has 15 heavy (non-hydrogen) atoms. The number of likely N-dealkylation sites (N-methyl/N-ethyl adjacent to an activating group) is 1. The molecule has 0 aliphatic carbocycles. The zero-order valence-corrected chi connectivity index (χ0v) is 9.90. The minimum Gasteiger partial charge on any atom is -0.324 e. The highest BCUT2D eigenvalue weighted by molar-refractivity contribution is 9.10. The van der Waals surface area contributed by atoms with Crippen molar-refractivity contribution in [1.29, 1.82) is 0 Å². The summed E-state index contributed by atoms with van der Waals surface area (Å²) in [6, 6.07) is 4.12. The van der Waals surface area contributed by atoms with Gasteiger partial charge in [0.25, 0.3) is 0 Å². The Morgan fingerprint density at radius 2 is 2.27 bits per heavy atom. The van der Waals surface area contributed by atoms with E-state index in [2.05, 4.69) is 26.6 Å². The number of nitrogens with one attached hydrogen (secondary N) is 2. The average Bonchev–Trinajstić information content (AvgIpc) is 2.19. The fourth-order valence-corrected chi connectivity index (χ4v) is 1.47. The van der Waals surface area contributed by atoms with Gasteiger partial charge in [0.15, 0.2) is 0 Å². The van der Waals surface area contributed by atoms with Gasteiger partial charge in [-0.1, -0.05) is 6.92 Å². The lowest BCUT2D eigenvalue weighted by Gasteiger charge is -2.07. The number of hydrogen-bond donors (Lipinski definition) is 2. The Bertz CT molecular complexity index is 357. The van der Waals surface area contributed by atoms with Gasteiger partial charge in [-0.2, -0.15) is 0 Å². The second kappa shape index (κ2) is 5.82. The summed E-state index contributed by atoms with van der Waals surface area (Å²) in [4.78, 5) is 11.3. The van der Waals surface area contributed by atoms with Crippen LogP contribution in [0.2, 0.25) is 0 Å². The van der Waals surface area contributed by atoms with Gasteiger partial charge in [-0.05, 0) is 40.7 Å². The molecule has 0 saturated heterocycles. The average molecular weight is 275 g/mol. The molecule has 0 bridgehead atoms. The van der Waals surface area contributed by atoms with Crippen molar-refractivity contribution in [2.45, 2.75) is 6.92 Å². The third-order valence-corrected chi connectivity index (χ3v) is 2.40. The van der Waals surface area contributed by atoms with E-state index in [1.54, 1.807) is 0 Å². The lowest BCUT2D eigenvalue weighted by molar-refractivity contribution is -0.115. The van der Waals surface area contributed by atoms with Crippen molar-refractivity contribution in [3.8, 4) is 0 Å². The summed E-state index contributed by atoms with van der Waals surface area (Å²) in [6.07, 6.45) is 0. The second-order valence-electron chi connectivity index (χ2n) is 2.95. The van der Waals surface area contributed by atoms with Gasteiger partial charge < -0.3 is 10.6 Å². The monoisotopic (exact) mass is 274 g/mol. The summed E-state index contributed by atoms with van der Waals surface area (Å²) < 4.78 is 13.3. The van der Waals surface area contributed by atoms with Crippen molar-refractivity contribution in [3.05, 3.63) is 28.5 Å². The molecule has 0 atom stereocenters. The van der Waals surface area contributed by atoms with Crippen molar-refractivity contribution in [1.82, 2.24) is 5.32 Å². The quantitative estimate of drug-likeness (QED) is 0.883. The van der Waals surface area contributed by atoms with E-state index >= 15 is 0 Å². The van der Waals surface area contributed by atoms with E-state index in [0.717, 1.165) is 6.54 Å². The zero-order chi connectivity index (χ0) is 11.3. The van der Waals surface area contributed by atoms with E-state index in [0.29, 0.717) is 10.2 Å². The third-order valence-electron chi connectivity index (χ3n) is 1.74. The number of hydrogen-bond acceptors (Lipinski definition) is 2. The Kier molecular flexibility index (Phi) is 4.71. The summed E-state index contributed by atoms with van der Waals surface area (Å²) >= 11 is 3.17. The highest BCUT2D eigenvalue weighted by Crippen LogP contribution is 2.22. The molecule has 5 heteroatoms. The summed E-state index contributed by atoms with van der Waals surface area (Å²) in [6.45, 7) is 2.90. The molecule has 0 radical (unpaired) electrons. The number of anilines is 1. The SMILES string of the molecule is CCNCC(=O)Nc1ccc(F)cc1Br. The molecule has 0 aliphatic heterocycles. The van der Waals surface area contributed by atoms with Crippen LogP contribution in [0.15, 0.2) is 22.7 Å². The number of halogens is 2. The number of benzene rings is 1. The normalized spacial score (nSPS) is 10.1. The van der Waals surface area contributed by atoms with E-state index in [1.165, 1.54) is 18.2 Å². The number of amides is 1. The maximum Gasteiger partial charge on any atom is 0.238 e. The van der Waals surface area contributed by atoms with Crippen LogP contribution >= 0.6 is 15.9 Å². The van der Waals surface area contributed by atoms with Crippen LogP contribution in [0, 0.1) is 5.82 Å². The predicted octanol–water partition coefficient (Wildman–Crippen LogP) is 2.14. The molecule has 0 aromatic heterocycles. The lowest BCUT2D eigenvalue weighted by Crippen LogP contribution is -2.27. The van der Waals surface area contributed by atoms with E-state index in [9.17, 15) is 9.18 Å². The highest BCUT2D eigenvalue weighted by atomic mass is 79.9. The molecule has 0 unspecified atom stereocenters. The Labute approximate surface area is 96.2 Å². The second-order valence-corrected chi connectivity index (χ2v) is 3.81. The van der Waals surface area contributed by atoms with Crippen molar-refractivity contribution < 1.29 is 9.18 Å². The molecule has 0 saturated carbocycles. The van der Waals surface area contributed by atoms with Gasteiger partial charge in [0.05, 0.1) is 12.2 Å². The maximum atomic E-state index is 12.7. The Hall–Kier alpha value is -0.940. The topological polar surface area (TPSA) is 41.1 Å². The van der Waals surface area contributed by atoms with Gasteiger partial charge in [0.2, 0.25) is 5.91 Å². The summed E-state index contributed by atoms with van der Waals surface area (Å²) in [5, 5.41) is 5.55. The van der Waals surface area contributed by atoms with Gasteiger partial charge in [0, 0.05) is 4.47 Å². The molecule has 1 amide bonds. The van der Waals surface area contributed by atoms with Crippen LogP contribution in [-0.2, 0) is 4.79 Å². The molecule has 1 rings (SSSR count). The highest BCUT2D eigenvalue weighted by Gasteiger charge is 2.05. The molecule has 0 spiro atoms. The number of carbonyl (C=O) groups excluding carboxylic acids is 1. The van der Waals surface area contributed by atoms with E-state index in [1.807, 2.05) is 6.92 Å². The fourth-order valence-electron chi connectivity index (χ4n) is 1.02. The first kappa shape index (κ1) is 12.1. The van der Waals surface area contributed by atoms with Crippen LogP contribution in [0.1, 0.15) is 6.92 Å². The standard InChI is InChI=1S/C10H12BrFN2O/c1-2-13-6-10(15)14-9-4-3-7(12)5-8(9)11/h3-5,13H,2,6H2,1H3,(H,14,15). The fraction of sp³-hybridized carbons (Fsp3) is 0.300. The van der Waals surface area contributed by atoms with Crippen LogP contribution in [-0.4, -0.2) is 19.0 Å². The Morgan fingerprint density at radius 3 is 2.87 bits per heavy atom. The largest absolute Gasteiger partial charge is 0.324 e. The Morgan fingerprint density at radius 1 is 1.53 bits per heavy atom. The number of carbonyl (C=O) groups is 1. The first-order valence-electron chi connectivity index (χ1n) is 4.59. The van der Waals surface area contributed by atoms with Crippen molar-refractivity contribution >= 4 is 27.5 Å². The Balaban J connectivity index is 2.60. The summed E-state index contributed by atoms with van der Waals surface area (Å²) in [5.74, 6) is -0.490. The molecular formula is C10H12BrFN2O. The van der Waals surface area contributed by atoms with Gasteiger partial charge in [-0.25, -0.2) is 4.39 Å². The van der Waals surface area contributed by atoms with Crippen LogP contribution < -0.4 is 10.6 Å². The lowest BCUT2D eigenvalue weighted by atomic mass is 10.3. The van der Waals surface area contributed by atoms with Gasteiger partial charge in [-0.15, -0.1) is 0 Å². The van der Waals surface area contributed by atoms with Crippen molar-refractivity contribution in [3.63, 3.8) is 0 Å². The van der Waals surface area contributed by atoms with Gasteiger partial charge in [-0.3, -0.25) is 4.79 Å². The van der Waals surface area contributed by atoms with Crippen LogP contribution in [0.4, 0.5) is 10.1 Å². The van der Waals surface area contributed by atoms with E-state index < -0.39 is 0 Å². The van der Waals surface area contributed by atoms with Gasteiger partial charge >= 0.3 is 0 Å². The number of rotatable bonds is 4. The summed E-state index contributed by atoms with van der Waals surface area (Å²) in [5.41, 5.74) is 0.569. The molecular weight excluding hydrogens is 263 g/mol. The molecule has 0 fully saturated rings. The molecule has 0 heterocycles. The molecule has 0 aliphatic rings. The molecule has 1 aromatic carbocycles. The molecule has 3 nitrogen and oxygen atoms in total. The van der Waals surface area contributed by atoms with Crippen LogP contribution in [0.3, 0.4) is 0 Å². The third kappa shape index (κ3) is 3.97. The van der Waals surface area contributed by atoms with Crippen LogP contribution in [0.25, 0.3) is 0 Å². The minimum absolute atomic E-state index is 0.149. The molecule has 1 aromatic rings. The molecule has 82 valence electrons. The smallest absolute Gasteiger partial charge is 0.238 e. The van der Waals surface area contributed by atoms with Crippen molar-refractivity contribution in [2.24, 2.45) is 0 Å².